The van der Waals surface area contributed by atoms with E-state index in [4.69, 9.17) is 0 Å². The molecule has 1 N–H and O–H groups in total. The van der Waals surface area contributed by atoms with Gasteiger partial charge in [0, 0.05) is 29.6 Å². The van der Waals surface area contributed by atoms with Crippen LogP contribution in [0.3, 0.4) is 0 Å². The van der Waals surface area contributed by atoms with Crippen molar-refractivity contribution in [3.8, 4) is 16.9 Å². The van der Waals surface area contributed by atoms with E-state index < -0.39 is 14.6 Å². The van der Waals surface area contributed by atoms with E-state index in [0.717, 1.165) is 29.5 Å². The predicted molar refractivity (Wildman–Crippen MR) is 130 cm³/mol. The maximum atomic E-state index is 13.0. The van der Waals surface area contributed by atoms with Gasteiger partial charge < -0.3 is 5.32 Å². The molecule has 9 heteroatoms. The first kappa shape index (κ1) is 22.3. The summed E-state index contributed by atoms with van der Waals surface area (Å²) in [6.45, 7) is 7.04. The van der Waals surface area contributed by atoms with E-state index in [-0.39, 0.29) is 10.8 Å². The van der Waals surface area contributed by atoms with Gasteiger partial charge in [0.25, 0.3) is 5.91 Å². The fraction of sp³-hybridized carbons (Fsp3) is 0.320. The average Bonchev–Trinajstić information content (AvgIpc) is 3.30. The maximum Gasteiger partial charge on any atom is 0.251 e. The number of amides is 1. The Morgan fingerprint density at radius 2 is 1.85 bits per heavy atom. The van der Waals surface area contributed by atoms with Crippen LogP contribution in [0.15, 0.2) is 60.0 Å². The highest BCUT2D eigenvalue weighted by Crippen LogP contribution is 2.28. The van der Waals surface area contributed by atoms with Crippen molar-refractivity contribution < 1.29 is 13.2 Å². The zero-order chi connectivity index (χ0) is 24.3. The number of aryl methyl sites for hydroxylation is 1. The normalized spacial score (nSPS) is 14.5. The van der Waals surface area contributed by atoms with Gasteiger partial charge in [-0.3, -0.25) is 9.20 Å². The van der Waals surface area contributed by atoms with E-state index >= 15 is 0 Å². The quantitative estimate of drug-likeness (QED) is 0.469. The van der Waals surface area contributed by atoms with Crippen LogP contribution in [0, 0.1) is 6.92 Å². The average molecular weight is 478 g/mol. The molecule has 1 aliphatic rings. The minimum atomic E-state index is -3.52. The number of sulfone groups is 1. The van der Waals surface area contributed by atoms with Crippen molar-refractivity contribution in [2.45, 2.75) is 56.2 Å². The predicted octanol–water partition coefficient (Wildman–Crippen LogP) is 3.96. The van der Waals surface area contributed by atoms with Gasteiger partial charge in [-0.2, -0.15) is 5.10 Å². The Morgan fingerprint density at radius 3 is 2.56 bits per heavy atom. The number of fused-ring (bicyclic) bond motifs is 1. The number of carbonyl (C=O) groups is 1. The summed E-state index contributed by atoms with van der Waals surface area (Å²) in [5, 5.41) is 7.53. The highest BCUT2D eigenvalue weighted by atomic mass is 32.2. The molecular weight excluding hydrogens is 450 g/mol. The van der Waals surface area contributed by atoms with Crippen molar-refractivity contribution >= 4 is 21.4 Å². The Morgan fingerprint density at radius 1 is 1.09 bits per heavy atom. The standard InChI is InChI=1S/C25H27N5O3S/c1-16-5-6-17(24(31)28-19-7-8-19)11-21(16)18-12-27-30(14-18)23-13-26-22-10-9-20(15-29(22)23)34(32,33)25(2,3)4/h5-6,9-15,19H,7-8H2,1-4H3,(H,28,31). The molecule has 0 radical (unpaired) electrons. The topological polar surface area (TPSA) is 98.4 Å². The van der Waals surface area contributed by atoms with E-state index in [1.807, 2.05) is 31.3 Å². The van der Waals surface area contributed by atoms with Gasteiger partial charge >= 0.3 is 0 Å². The third-order valence-electron chi connectivity index (χ3n) is 6.12. The molecule has 1 amide bonds. The number of pyridine rings is 1. The molecule has 1 fully saturated rings. The first-order valence-electron chi connectivity index (χ1n) is 11.2. The summed E-state index contributed by atoms with van der Waals surface area (Å²) in [7, 11) is -3.52. The van der Waals surface area contributed by atoms with E-state index in [0.29, 0.717) is 23.1 Å². The molecule has 0 spiro atoms. The van der Waals surface area contributed by atoms with Crippen LogP contribution in [0.1, 0.15) is 49.5 Å². The molecular formula is C25H27N5O3S. The summed E-state index contributed by atoms with van der Waals surface area (Å²) >= 11 is 0. The molecule has 0 atom stereocenters. The van der Waals surface area contributed by atoms with Crippen molar-refractivity contribution in [2.24, 2.45) is 0 Å². The Kier molecular flexibility index (Phi) is 5.12. The summed E-state index contributed by atoms with van der Waals surface area (Å²) in [6.07, 6.45) is 8.92. The number of nitrogens with zero attached hydrogens (tertiary/aromatic N) is 4. The van der Waals surface area contributed by atoms with Crippen LogP contribution in [-0.4, -0.2) is 44.3 Å². The summed E-state index contributed by atoms with van der Waals surface area (Å²) in [5.74, 6) is 0.554. The molecule has 5 rings (SSSR count). The number of aromatic nitrogens is 4. The summed E-state index contributed by atoms with van der Waals surface area (Å²) in [4.78, 5) is 17.2. The Hall–Kier alpha value is -3.46. The summed E-state index contributed by atoms with van der Waals surface area (Å²) in [5.41, 5.74) is 4.03. The smallest absolute Gasteiger partial charge is 0.251 e. The van der Waals surface area contributed by atoms with Crippen LogP contribution in [0.25, 0.3) is 22.6 Å². The zero-order valence-electron chi connectivity index (χ0n) is 19.6. The van der Waals surface area contributed by atoms with Crippen molar-refractivity contribution in [1.82, 2.24) is 24.5 Å². The summed E-state index contributed by atoms with van der Waals surface area (Å²) in [6, 6.07) is 9.23. The minimum Gasteiger partial charge on any atom is -0.349 e. The first-order valence-corrected chi connectivity index (χ1v) is 12.7. The van der Waals surface area contributed by atoms with Crippen LogP contribution in [0.2, 0.25) is 0 Å². The van der Waals surface area contributed by atoms with Crippen LogP contribution in [0.4, 0.5) is 0 Å². The van der Waals surface area contributed by atoms with Gasteiger partial charge in [0.2, 0.25) is 0 Å². The van der Waals surface area contributed by atoms with E-state index in [2.05, 4.69) is 15.4 Å². The number of hydrogen-bond acceptors (Lipinski definition) is 5. The molecule has 34 heavy (non-hydrogen) atoms. The van der Waals surface area contributed by atoms with Gasteiger partial charge in [0.1, 0.15) is 5.65 Å². The molecule has 8 nitrogen and oxygen atoms in total. The largest absolute Gasteiger partial charge is 0.349 e. The second-order valence-electron chi connectivity index (χ2n) is 9.78. The lowest BCUT2D eigenvalue weighted by atomic mass is 10.0. The maximum absolute atomic E-state index is 13.0. The first-order chi connectivity index (χ1) is 16.0. The van der Waals surface area contributed by atoms with Crippen molar-refractivity contribution in [1.29, 1.82) is 0 Å². The Bertz CT molecular complexity index is 1520. The fourth-order valence-electron chi connectivity index (χ4n) is 3.79. The summed E-state index contributed by atoms with van der Waals surface area (Å²) < 4.78 is 28.4. The molecule has 1 aliphatic carbocycles. The lowest BCUT2D eigenvalue weighted by molar-refractivity contribution is 0.0951. The second kappa shape index (κ2) is 7.80. The van der Waals surface area contributed by atoms with E-state index in [1.165, 1.54) is 0 Å². The van der Waals surface area contributed by atoms with Crippen LogP contribution in [-0.2, 0) is 9.84 Å². The fourth-order valence-corrected chi connectivity index (χ4v) is 4.99. The van der Waals surface area contributed by atoms with Gasteiger partial charge in [-0.15, -0.1) is 0 Å². The van der Waals surface area contributed by atoms with Crippen LogP contribution < -0.4 is 5.32 Å². The molecule has 1 saturated carbocycles. The van der Waals surface area contributed by atoms with Gasteiger partial charge in [-0.05, 0) is 75.9 Å². The van der Waals surface area contributed by atoms with Crippen molar-refractivity contribution in [3.63, 3.8) is 0 Å². The number of rotatable bonds is 5. The molecule has 0 unspecified atom stereocenters. The molecule has 4 aromatic rings. The highest BCUT2D eigenvalue weighted by Gasteiger charge is 2.31. The minimum absolute atomic E-state index is 0.0643. The Balaban J connectivity index is 1.52. The highest BCUT2D eigenvalue weighted by molar-refractivity contribution is 7.92. The lowest BCUT2D eigenvalue weighted by Crippen LogP contribution is -2.28. The molecule has 3 aromatic heterocycles. The zero-order valence-corrected chi connectivity index (χ0v) is 20.4. The number of hydrogen-bond donors (Lipinski definition) is 1. The number of carbonyl (C=O) groups excluding carboxylic acids is 1. The molecule has 0 aliphatic heterocycles. The molecule has 3 heterocycles. The van der Waals surface area contributed by atoms with Gasteiger partial charge in [-0.25, -0.2) is 18.1 Å². The second-order valence-corrected chi connectivity index (χ2v) is 12.5. The molecule has 1 aromatic carbocycles. The molecule has 0 bridgehead atoms. The lowest BCUT2D eigenvalue weighted by Gasteiger charge is -2.19. The van der Waals surface area contributed by atoms with E-state index in [9.17, 15) is 13.2 Å². The number of nitrogens with one attached hydrogen (secondary N) is 1. The van der Waals surface area contributed by atoms with Gasteiger partial charge in [0.15, 0.2) is 15.7 Å². The van der Waals surface area contributed by atoms with Crippen molar-refractivity contribution in [2.75, 3.05) is 0 Å². The Labute approximate surface area is 198 Å². The van der Waals surface area contributed by atoms with Crippen molar-refractivity contribution in [3.05, 3.63) is 66.2 Å². The van der Waals surface area contributed by atoms with Gasteiger partial charge in [-0.1, -0.05) is 6.07 Å². The van der Waals surface area contributed by atoms with Crippen LogP contribution >= 0.6 is 0 Å². The van der Waals surface area contributed by atoms with E-state index in [1.54, 1.807) is 60.6 Å². The van der Waals surface area contributed by atoms with Gasteiger partial charge in [0.05, 0.1) is 22.0 Å². The van der Waals surface area contributed by atoms with Crippen LogP contribution in [0.5, 0.6) is 0 Å². The SMILES string of the molecule is Cc1ccc(C(=O)NC2CC2)cc1-c1cnn(-c2cnc3ccc(S(=O)(=O)C(C)(C)C)cn23)c1. The molecule has 176 valence electrons. The third kappa shape index (κ3) is 3.90. The third-order valence-corrected chi connectivity index (χ3v) is 8.59. The monoisotopic (exact) mass is 477 g/mol. The number of benzene rings is 1. The number of imidazole rings is 1. The molecule has 0 saturated heterocycles.